The van der Waals surface area contributed by atoms with Crippen LogP contribution in [0.4, 0.5) is 8.78 Å². The maximum absolute atomic E-state index is 13.4. The first-order chi connectivity index (χ1) is 11.6. The van der Waals surface area contributed by atoms with Crippen LogP contribution < -0.4 is 5.32 Å². The van der Waals surface area contributed by atoms with Gasteiger partial charge in [0.1, 0.15) is 0 Å². The predicted molar refractivity (Wildman–Crippen MR) is 88.7 cm³/mol. The zero-order valence-corrected chi connectivity index (χ0v) is 12.9. The molecular weight excluding hydrogens is 308 g/mol. The van der Waals surface area contributed by atoms with Gasteiger partial charge in [-0.25, -0.2) is 8.78 Å². The quantitative estimate of drug-likeness (QED) is 0.753. The van der Waals surface area contributed by atoms with Crippen LogP contribution in [0.3, 0.4) is 0 Å². The van der Waals surface area contributed by atoms with Gasteiger partial charge in [-0.05, 0) is 47.4 Å². The SMILES string of the molecule is O=C(NC1(c2cccc3ccccc23)CC1)c1ccc(F)c(F)c1. The van der Waals surface area contributed by atoms with Crippen molar-refractivity contribution in [2.75, 3.05) is 0 Å². The zero-order chi connectivity index (χ0) is 16.7. The van der Waals surface area contributed by atoms with Crippen molar-refractivity contribution >= 4 is 16.7 Å². The van der Waals surface area contributed by atoms with E-state index in [-0.39, 0.29) is 11.5 Å². The molecule has 1 saturated carbocycles. The summed E-state index contributed by atoms with van der Waals surface area (Å²) >= 11 is 0. The monoisotopic (exact) mass is 323 g/mol. The van der Waals surface area contributed by atoms with E-state index in [0.717, 1.165) is 41.3 Å². The van der Waals surface area contributed by atoms with Crippen LogP contribution in [0, 0.1) is 11.6 Å². The molecule has 1 amide bonds. The highest BCUT2D eigenvalue weighted by Gasteiger charge is 2.46. The van der Waals surface area contributed by atoms with Gasteiger partial charge in [-0.1, -0.05) is 42.5 Å². The minimum Gasteiger partial charge on any atom is -0.342 e. The number of carbonyl (C=O) groups excluding carboxylic acids is 1. The van der Waals surface area contributed by atoms with E-state index in [1.165, 1.54) is 6.07 Å². The average Bonchev–Trinajstić information content (AvgIpc) is 3.37. The molecule has 0 aromatic heterocycles. The fourth-order valence-electron chi connectivity index (χ4n) is 3.16. The van der Waals surface area contributed by atoms with Gasteiger partial charge in [0.05, 0.1) is 5.54 Å². The summed E-state index contributed by atoms with van der Waals surface area (Å²) in [6.45, 7) is 0. The summed E-state index contributed by atoms with van der Waals surface area (Å²) < 4.78 is 26.4. The second kappa shape index (κ2) is 5.41. The molecule has 2 nitrogen and oxygen atoms in total. The second-order valence-electron chi connectivity index (χ2n) is 6.19. The first kappa shape index (κ1) is 14.8. The Morgan fingerprint density at radius 2 is 1.67 bits per heavy atom. The van der Waals surface area contributed by atoms with Gasteiger partial charge < -0.3 is 5.32 Å². The third-order valence-electron chi connectivity index (χ3n) is 4.59. The van der Waals surface area contributed by atoms with E-state index in [1.807, 2.05) is 42.5 Å². The van der Waals surface area contributed by atoms with Crippen molar-refractivity contribution in [3.63, 3.8) is 0 Å². The lowest BCUT2D eigenvalue weighted by Crippen LogP contribution is -2.35. The van der Waals surface area contributed by atoms with E-state index in [4.69, 9.17) is 0 Å². The van der Waals surface area contributed by atoms with Crippen molar-refractivity contribution in [1.29, 1.82) is 0 Å². The predicted octanol–water partition coefficient (Wildman–Crippen LogP) is 4.54. The van der Waals surface area contributed by atoms with Gasteiger partial charge in [-0.2, -0.15) is 0 Å². The molecule has 0 unspecified atom stereocenters. The van der Waals surface area contributed by atoms with Crippen molar-refractivity contribution in [3.05, 3.63) is 83.4 Å². The Morgan fingerprint density at radius 1 is 0.917 bits per heavy atom. The fourth-order valence-corrected chi connectivity index (χ4v) is 3.16. The van der Waals surface area contributed by atoms with Crippen molar-refractivity contribution in [2.45, 2.75) is 18.4 Å². The van der Waals surface area contributed by atoms with Gasteiger partial charge in [-0.3, -0.25) is 4.79 Å². The highest BCUT2D eigenvalue weighted by molar-refractivity contribution is 5.96. The average molecular weight is 323 g/mol. The van der Waals surface area contributed by atoms with Gasteiger partial charge in [-0.15, -0.1) is 0 Å². The van der Waals surface area contributed by atoms with Crippen LogP contribution in [0.5, 0.6) is 0 Å². The van der Waals surface area contributed by atoms with Gasteiger partial charge in [0, 0.05) is 5.56 Å². The second-order valence-corrected chi connectivity index (χ2v) is 6.19. The first-order valence-electron chi connectivity index (χ1n) is 7.85. The largest absolute Gasteiger partial charge is 0.342 e. The van der Waals surface area contributed by atoms with Crippen LogP contribution in [0.1, 0.15) is 28.8 Å². The number of hydrogen-bond acceptors (Lipinski definition) is 1. The molecule has 1 N–H and O–H groups in total. The van der Waals surface area contributed by atoms with Crippen molar-refractivity contribution in [3.8, 4) is 0 Å². The molecule has 0 radical (unpaired) electrons. The summed E-state index contributed by atoms with van der Waals surface area (Å²) in [5.74, 6) is -2.36. The van der Waals surface area contributed by atoms with Crippen molar-refractivity contribution in [2.24, 2.45) is 0 Å². The molecule has 0 heterocycles. The lowest BCUT2D eigenvalue weighted by molar-refractivity contribution is 0.0930. The molecule has 1 aliphatic carbocycles. The molecular formula is C20H15F2NO. The molecule has 4 rings (SSSR count). The molecule has 1 fully saturated rings. The van der Waals surface area contributed by atoms with E-state index >= 15 is 0 Å². The van der Waals surface area contributed by atoms with Crippen LogP contribution in [0.25, 0.3) is 10.8 Å². The molecule has 0 aliphatic heterocycles. The number of benzene rings is 3. The maximum atomic E-state index is 13.4. The minimum atomic E-state index is -1.02. The normalized spacial score (nSPS) is 15.2. The van der Waals surface area contributed by atoms with E-state index in [1.54, 1.807) is 0 Å². The molecule has 1 aliphatic rings. The number of nitrogens with one attached hydrogen (secondary N) is 1. The molecule has 0 bridgehead atoms. The minimum absolute atomic E-state index is 0.125. The van der Waals surface area contributed by atoms with Crippen molar-refractivity contribution < 1.29 is 13.6 Å². The number of amides is 1. The maximum Gasteiger partial charge on any atom is 0.252 e. The molecule has 3 aromatic rings. The molecule has 3 aromatic carbocycles. The highest BCUT2D eigenvalue weighted by Crippen LogP contribution is 2.48. The Hall–Kier alpha value is -2.75. The lowest BCUT2D eigenvalue weighted by atomic mass is 9.96. The summed E-state index contributed by atoms with van der Waals surface area (Å²) in [6, 6.07) is 17.2. The van der Waals surface area contributed by atoms with E-state index in [9.17, 15) is 13.6 Å². The molecule has 0 saturated heterocycles. The van der Waals surface area contributed by atoms with Gasteiger partial charge in [0.2, 0.25) is 0 Å². The number of halogens is 2. The topological polar surface area (TPSA) is 29.1 Å². The Morgan fingerprint density at radius 3 is 2.42 bits per heavy atom. The summed E-state index contributed by atoms with van der Waals surface area (Å²) in [7, 11) is 0. The Kier molecular flexibility index (Phi) is 3.34. The highest BCUT2D eigenvalue weighted by atomic mass is 19.2. The Labute approximate surface area is 138 Å². The summed E-state index contributed by atoms with van der Waals surface area (Å²) in [5, 5.41) is 5.23. The molecule has 4 heteroatoms. The van der Waals surface area contributed by atoms with Crippen LogP contribution in [0.2, 0.25) is 0 Å². The van der Waals surface area contributed by atoms with Crippen LogP contribution in [-0.2, 0) is 5.54 Å². The Bertz CT molecular complexity index is 942. The number of rotatable bonds is 3. The molecule has 120 valence electrons. The third kappa shape index (κ3) is 2.44. The number of hydrogen-bond donors (Lipinski definition) is 1. The fraction of sp³-hybridized carbons (Fsp3) is 0.150. The van der Waals surface area contributed by atoms with Crippen molar-refractivity contribution in [1.82, 2.24) is 5.32 Å². The molecule has 0 atom stereocenters. The standard InChI is InChI=1S/C20H15F2NO/c21-17-9-8-14(12-18(17)22)19(24)23-20(10-11-20)16-7-3-5-13-4-1-2-6-15(13)16/h1-9,12H,10-11H2,(H,23,24). The smallest absolute Gasteiger partial charge is 0.252 e. The summed E-state index contributed by atoms with van der Waals surface area (Å²) in [6.07, 6.45) is 1.66. The van der Waals surface area contributed by atoms with Gasteiger partial charge in [0.15, 0.2) is 11.6 Å². The number of carbonyl (C=O) groups is 1. The third-order valence-corrected chi connectivity index (χ3v) is 4.59. The van der Waals surface area contributed by atoms with E-state index in [0.29, 0.717) is 0 Å². The van der Waals surface area contributed by atoms with Gasteiger partial charge in [0.25, 0.3) is 5.91 Å². The summed E-state index contributed by atoms with van der Waals surface area (Å²) in [5.41, 5.74) is 0.764. The van der Waals surface area contributed by atoms with E-state index < -0.39 is 17.2 Å². The lowest BCUT2D eigenvalue weighted by Gasteiger charge is -2.20. The number of fused-ring (bicyclic) bond motifs is 1. The van der Waals surface area contributed by atoms with Crippen LogP contribution >= 0.6 is 0 Å². The molecule has 24 heavy (non-hydrogen) atoms. The van der Waals surface area contributed by atoms with Crippen LogP contribution in [-0.4, -0.2) is 5.91 Å². The van der Waals surface area contributed by atoms with Crippen LogP contribution in [0.15, 0.2) is 60.7 Å². The Balaban J connectivity index is 1.68. The van der Waals surface area contributed by atoms with Gasteiger partial charge >= 0.3 is 0 Å². The first-order valence-corrected chi connectivity index (χ1v) is 7.85. The van der Waals surface area contributed by atoms with E-state index in [2.05, 4.69) is 5.32 Å². The summed E-state index contributed by atoms with van der Waals surface area (Å²) in [4.78, 5) is 12.5. The molecule has 0 spiro atoms. The zero-order valence-electron chi connectivity index (χ0n) is 12.9.